The number of piperidine rings is 1. The third-order valence-corrected chi connectivity index (χ3v) is 4.86. The Morgan fingerprint density at radius 2 is 2.09 bits per heavy atom. The fourth-order valence-corrected chi connectivity index (χ4v) is 3.33. The van der Waals surface area contributed by atoms with E-state index in [9.17, 15) is 5.26 Å². The lowest BCUT2D eigenvalue weighted by Gasteiger charge is -2.35. The van der Waals surface area contributed by atoms with Gasteiger partial charge in [-0.2, -0.15) is 5.26 Å². The molecule has 0 N–H and O–H groups in total. The number of nitriles is 1. The van der Waals surface area contributed by atoms with E-state index in [4.69, 9.17) is 0 Å². The second kappa shape index (κ2) is 6.41. The number of aryl methyl sites for hydroxylation is 1. The van der Waals surface area contributed by atoms with Crippen molar-refractivity contribution in [3.8, 4) is 11.8 Å². The van der Waals surface area contributed by atoms with Crippen LogP contribution in [0.2, 0.25) is 0 Å². The molecule has 0 unspecified atom stereocenters. The highest BCUT2D eigenvalue weighted by Crippen LogP contribution is 2.28. The topological polar surface area (TPSA) is 57.7 Å². The molecule has 5 heteroatoms. The Hall–Kier alpha value is -2.35. The summed E-state index contributed by atoms with van der Waals surface area (Å²) in [5.74, 6) is 0.736. The van der Waals surface area contributed by atoms with Crippen LogP contribution in [-0.4, -0.2) is 27.6 Å². The summed E-state index contributed by atoms with van der Waals surface area (Å²) in [7, 11) is 0. The number of anilines is 1. The maximum atomic E-state index is 9.50. The number of rotatable bonds is 3. The van der Waals surface area contributed by atoms with Crippen molar-refractivity contribution in [3.05, 3.63) is 35.0 Å². The molecule has 3 rings (SSSR count). The molecule has 120 valence electrons. The van der Waals surface area contributed by atoms with Gasteiger partial charge in [0.15, 0.2) is 5.82 Å². The molecule has 0 amide bonds. The molecular weight excluding hydrogens is 286 g/mol. The Morgan fingerprint density at radius 1 is 1.26 bits per heavy atom. The first-order valence-corrected chi connectivity index (χ1v) is 8.36. The van der Waals surface area contributed by atoms with Gasteiger partial charge in [0, 0.05) is 12.6 Å². The van der Waals surface area contributed by atoms with Gasteiger partial charge < -0.3 is 4.90 Å². The minimum absolute atomic E-state index is 0.422. The molecule has 0 aliphatic carbocycles. The van der Waals surface area contributed by atoms with E-state index in [1.807, 2.05) is 12.1 Å². The average molecular weight is 309 g/mol. The van der Waals surface area contributed by atoms with E-state index in [1.165, 1.54) is 12.0 Å². The van der Waals surface area contributed by atoms with Gasteiger partial charge in [-0.05, 0) is 56.7 Å². The normalized spacial score (nSPS) is 18.0. The summed E-state index contributed by atoms with van der Waals surface area (Å²) in [4.78, 5) is 3.90. The lowest BCUT2D eigenvalue weighted by atomic mass is 10.00. The fourth-order valence-electron chi connectivity index (χ4n) is 3.33. The molecule has 0 saturated carbocycles. The predicted molar refractivity (Wildman–Crippen MR) is 90.8 cm³/mol. The Labute approximate surface area is 137 Å². The highest BCUT2D eigenvalue weighted by Gasteiger charge is 2.27. The highest BCUT2D eigenvalue weighted by molar-refractivity contribution is 5.52. The Morgan fingerprint density at radius 3 is 2.83 bits per heavy atom. The first-order valence-electron chi connectivity index (χ1n) is 8.36. The van der Waals surface area contributed by atoms with Crippen LogP contribution in [0.15, 0.2) is 18.2 Å². The fraction of sp³-hybridized carbons (Fsp3) is 0.500. The number of hydrogen-bond donors (Lipinski definition) is 0. The van der Waals surface area contributed by atoms with Gasteiger partial charge in [-0.3, -0.25) is 0 Å². The minimum Gasteiger partial charge on any atom is -0.350 e. The predicted octanol–water partition coefficient (Wildman–Crippen LogP) is 3.52. The molecule has 1 fully saturated rings. The largest absolute Gasteiger partial charge is 0.350 e. The highest BCUT2D eigenvalue weighted by atomic mass is 15.5. The molecule has 2 heterocycles. The number of aromatic nitrogens is 3. The molecule has 1 saturated heterocycles. The van der Waals surface area contributed by atoms with Crippen molar-refractivity contribution in [3.63, 3.8) is 0 Å². The number of nitrogens with zero attached hydrogens (tertiary/aromatic N) is 5. The summed E-state index contributed by atoms with van der Waals surface area (Å²) in [6.45, 7) is 7.30. The third-order valence-electron chi connectivity index (χ3n) is 4.86. The Balaban J connectivity index is 2.04. The molecule has 0 radical (unpaired) electrons. The van der Waals surface area contributed by atoms with Crippen LogP contribution in [0.3, 0.4) is 0 Å². The Kier molecular flexibility index (Phi) is 4.33. The van der Waals surface area contributed by atoms with Gasteiger partial charge in [-0.25, -0.2) is 0 Å². The standard InChI is InChI=1S/C18H23N5/c1-4-15-9-5-6-11-22(15)18-16(12-19)20-23(21-18)17-10-7-8-13(2)14(17)3/h7-8,10,15H,4-6,9,11H2,1-3H3/t15-/m0/s1. The second-order valence-electron chi connectivity index (χ2n) is 6.24. The molecule has 0 spiro atoms. The minimum atomic E-state index is 0.422. The molecule has 1 aliphatic rings. The number of benzene rings is 1. The lowest BCUT2D eigenvalue weighted by molar-refractivity contribution is 0.445. The third kappa shape index (κ3) is 2.81. The summed E-state index contributed by atoms with van der Waals surface area (Å²) in [5, 5.41) is 18.6. The van der Waals surface area contributed by atoms with Crippen molar-refractivity contribution in [1.82, 2.24) is 15.0 Å². The molecule has 2 aromatic rings. The molecule has 0 bridgehead atoms. The van der Waals surface area contributed by atoms with Crippen LogP contribution in [-0.2, 0) is 0 Å². The first kappa shape index (κ1) is 15.5. The maximum absolute atomic E-state index is 9.50. The van der Waals surface area contributed by atoms with Crippen molar-refractivity contribution in [2.24, 2.45) is 0 Å². The molecule has 1 aromatic heterocycles. The van der Waals surface area contributed by atoms with Gasteiger partial charge in [0.05, 0.1) is 5.69 Å². The monoisotopic (exact) mass is 309 g/mol. The van der Waals surface area contributed by atoms with Crippen LogP contribution in [0.1, 0.15) is 49.4 Å². The van der Waals surface area contributed by atoms with Crippen LogP contribution in [0.5, 0.6) is 0 Å². The van der Waals surface area contributed by atoms with Gasteiger partial charge in [-0.15, -0.1) is 15.0 Å². The molecule has 1 atom stereocenters. The maximum Gasteiger partial charge on any atom is 0.207 e. The molecule has 1 aliphatic heterocycles. The number of hydrogen-bond acceptors (Lipinski definition) is 4. The summed E-state index contributed by atoms with van der Waals surface area (Å²) in [5.41, 5.74) is 3.71. The van der Waals surface area contributed by atoms with Crippen LogP contribution in [0.4, 0.5) is 5.82 Å². The van der Waals surface area contributed by atoms with E-state index in [1.54, 1.807) is 4.80 Å². The SMILES string of the molecule is CC[C@H]1CCCCN1c1nn(-c2cccc(C)c2C)nc1C#N. The summed E-state index contributed by atoms with van der Waals surface area (Å²) in [6.07, 6.45) is 4.64. The van der Waals surface area contributed by atoms with Crippen molar-refractivity contribution in [1.29, 1.82) is 5.26 Å². The van der Waals surface area contributed by atoms with E-state index >= 15 is 0 Å². The van der Waals surface area contributed by atoms with Crippen molar-refractivity contribution >= 4 is 5.82 Å². The first-order chi connectivity index (χ1) is 11.2. The summed E-state index contributed by atoms with van der Waals surface area (Å²) >= 11 is 0. The van der Waals surface area contributed by atoms with Crippen molar-refractivity contribution in [2.45, 2.75) is 52.5 Å². The molecule has 23 heavy (non-hydrogen) atoms. The second-order valence-corrected chi connectivity index (χ2v) is 6.24. The van der Waals surface area contributed by atoms with Crippen molar-refractivity contribution in [2.75, 3.05) is 11.4 Å². The van der Waals surface area contributed by atoms with Crippen LogP contribution in [0.25, 0.3) is 5.69 Å². The molecular formula is C18H23N5. The van der Waals surface area contributed by atoms with Crippen LogP contribution >= 0.6 is 0 Å². The van der Waals surface area contributed by atoms with Crippen LogP contribution in [0, 0.1) is 25.2 Å². The van der Waals surface area contributed by atoms with Gasteiger partial charge in [-0.1, -0.05) is 19.1 Å². The molecule has 5 nitrogen and oxygen atoms in total. The van der Waals surface area contributed by atoms with E-state index in [0.29, 0.717) is 11.7 Å². The van der Waals surface area contributed by atoms with E-state index < -0.39 is 0 Å². The summed E-state index contributed by atoms with van der Waals surface area (Å²) < 4.78 is 0. The van der Waals surface area contributed by atoms with E-state index in [2.05, 4.69) is 48.0 Å². The van der Waals surface area contributed by atoms with Gasteiger partial charge in [0.1, 0.15) is 6.07 Å². The van der Waals surface area contributed by atoms with Gasteiger partial charge in [0.2, 0.25) is 5.69 Å². The van der Waals surface area contributed by atoms with Crippen LogP contribution < -0.4 is 4.90 Å². The van der Waals surface area contributed by atoms with Gasteiger partial charge >= 0.3 is 0 Å². The average Bonchev–Trinajstić information content (AvgIpc) is 3.01. The van der Waals surface area contributed by atoms with E-state index in [-0.39, 0.29) is 0 Å². The zero-order valence-electron chi connectivity index (χ0n) is 14.1. The zero-order chi connectivity index (χ0) is 16.4. The summed E-state index contributed by atoms with van der Waals surface area (Å²) in [6, 6.07) is 8.76. The van der Waals surface area contributed by atoms with Crippen molar-refractivity contribution < 1.29 is 0 Å². The smallest absolute Gasteiger partial charge is 0.207 e. The molecule has 1 aromatic carbocycles. The zero-order valence-corrected chi connectivity index (χ0v) is 14.1. The lowest BCUT2D eigenvalue weighted by Crippen LogP contribution is -2.39. The van der Waals surface area contributed by atoms with Gasteiger partial charge in [0.25, 0.3) is 0 Å². The Bertz CT molecular complexity index is 740. The quantitative estimate of drug-likeness (QED) is 0.870. The van der Waals surface area contributed by atoms with E-state index in [0.717, 1.165) is 42.9 Å².